The Hall–Kier alpha value is -0.720. The summed E-state index contributed by atoms with van der Waals surface area (Å²) >= 11 is 2.04. The maximum absolute atomic E-state index is 5.57. The normalized spacial score (nSPS) is 21.4. The van der Waals surface area contributed by atoms with Gasteiger partial charge in [-0.2, -0.15) is 16.9 Å². The van der Waals surface area contributed by atoms with E-state index in [4.69, 9.17) is 4.74 Å². The third-order valence-corrected chi connectivity index (χ3v) is 5.15. The van der Waals surface area contributed by atoms with E-state index in [1.54, 1.807) is 7.11 Å². The number of hydrogen-bond donors (Lipinski definition) is 1. The van der Waals surface area contributed by atoms with Crippen molar-refractivity contribution in [2.45, 2.75) is 38.9 Å². The molecule has 1 saturated heterocycles. The molecule has 1 aromatic heterocycles. The molecule has 1 fully saturated rings. The lowest BCUT2D eigenvalue weighted by Crippen LogP contribution is -2.48. The van der Waals surface area contributed by atoms with E-state index in [0.29, 0.717) is 6.04 Å². The molecule has 2 atom stereocenters. The van der Waals surface area contributed by atoms with Crippen LogP contribution in [0.25, 0.3) is 0 Å². The quantitative estimate of drug-likeness (QED) is 0.834. The van der Waals surface area contributed by atoms with Crippen LogP contribution in [0, 0.1) is 0 Å². The van der Waals surface area contributed by atoms with Crippen LogP contribution in [0.1, 0.15) is 32.0 Å². The van der Waals surface area contributed by atoms with Crippen LogP contribution in [0.2, 0.25) is 0 Å². The van der Waals surface area contributed by atoms with Crippen molar-refractivity contribution in [2.75, 3.05) is 38.8 Å². The monoisotopic (exact) mass is 312 g/mol. The summed E-state index contributed by atoms with van der Waals surface area (Å²) in [6.45, 7) is 7.36. The standard InChI is InChI=1S/C15H28N4OS/c1-5-7-16-14(12-11-21-9-8-18(12)3)15-13(20-4)10-17-19(15)6-2/h10,12,14,16H,5-9,11H2,1-4H3. The number of rotatable bonds is 7. The fraction of sp³-hybridized carbons (Fsp3) is 0.800. The molecule has 0 aromatic carbocycles. The van der Waals surface area contributed by atoms with Crippen LogP contribution in [0.15, 0.2) is 6.20 Å². The summed E-state index contributed by atoms with van der Waals surface area (Å²) in [6, 6.07) is 0.742. The summed E-state index contributed by atoms with van der Waals surface area (Å²) in [5.41, 5.74) is 1.19. The highest BCUT2D eigenvalue weighted by molar-refractivity contribution is 7.99. The van der Waals surface area contributed by atoms with Gasteiger partial charge in [0.05, 0.1) is 25.0 Å². The van der Waals surface area contributed by atoms with Gasteiger partial charge >= 0.3 is 0 Å². The van der Waals surface area contributed by atoms with Crippen LogP contribution < -0.4 is 10.1 Å². The fourth-order valence-corrected chi connectivity index (χ4v) is 4.14. The zero-order chi connectivity index (χ0) is 15.2. The van der Waals surface area contributed by atoms with Gasteiger partial charge in [-0.05, 0) is 26.9 Å². The molecule has 0 radical (unpaired) electrons. The molecule has 6 heteroatoms. The van der Waals surface area contributed by atoms with Gasteiger partial charge in [0.25, 0.3) is 0 Å². The number of thioether (sulfide) groups is 1. The summed E-state index contributed by atoms with van der Waals surface area (Å²) in [6.07, 6.45) is 2.97. The van der Waals surface area contributed by atoms with Crippen LogP contribution in [-0.2, 0) is 6.54 Å². The number of hydrogen-bond acceptors (Lipinski definition) is 5. The maximum atomic E-state index is 5.57. The summed E-state index contributed by atoms with van der Waals surface area (Å²) in [4.78, 5) is 2.47. The number of methoxy groups -OCH3 is 1. The molecule has 120 valence electrons. The van der Waals surface area contributed by atoms with Crippen molar-refractivity contribution in [3.63, 3.8) is 0 Å². The molecule has 1 aliphatic rings. The number of likely N-dealkylation sites (N-methyl/N-ethyl adjacent to an activating group) is 1. The second kappa shape index (κ2) is 8.06. The Morgan fingerprint density at radius 2 is 2.33 bits per heavy atom. The number of ether oxygens (including phenoxy) is 1. The largest absolute Gasteiger partial charge is 0.493 e. The molecule has 0 amide bonds. The molecule has 2 heterocycles. The zero-order valence-electron chi connectivity index (χ0n) is 13.6. The number of nitrogens with one attached hydrogen (secondary N) is 1. The van der Waals surface area contributed by atoms with Crippen molar-refractivity contribution in [3.8, 4) is 5.75 Å². The van der Waals surface area contributed by atoms with Crippen LogP contribution in [0.3, 0.4) is 0 Å². The number of nitrogens with zero attached hydrogens (tertiary/aromatic N) is 3. The van der Waals surface area contributed by atoms with E-state index in [1.165, 1.54) is 11.4 Å². The summed E-state index contributed by atoms with van der Waals surface area (Å²) in [7, 11) is 3.96. The maximum Gasteiger partial charge on any atom is 0.161 e. The van der Waals surface area contributed by atoms with Gasteiger partial charge < -0.3 is 10.1 Å². The Balaban J connectivity index is 2.32. The average molecular weight is 312 g/mol. The predicted octanol–water partition coefficient (Wildman–Crippen LogP) is 2.00. The molecule has 0 spiro atoms. The summed E-state index contributed by atoms with van der Waals surface area (Å²) in [5, 5.41) is 8.21. The molecular weight excluding hydrogens is 284 g/mol. The highest BCUT2D eigenvalue weighted by Crippen LogP contribution is 2.32. The summed E-state index contributed by atoms with van der Waals surface area (Å²) in [5.74, 6) is 3.27. The number of aryl methyl sites for hydroxylation is 1. The van der Waals surface area contributed by atoms with Crippen molar-refractivity contribution in [1.82, 2.24) is 20.0 Å². The topological polar surface area (TPSA) is 42.3 Å². The second-order valence-electron chi connectivity index (χ2n) is 5.47. The van der Waals surface area contributed by atoms with Gasteiger partial charge in [0.15, 0.2) is 5.75 Å². The lowest BCUT2D eigenvalue weighted by Gasteiger charge is -2.38. The molecule has 0 aliphatic carbocycles. The molecule has 21 heavy (non-hydrogen) atoms. The van der Waals surface area contributed by atoms with Crippen molar-refractivity contribution in [1.29, 1.82) is 0 Å². The SMILES string of the molecule is CCCNC(c1c(OC)cnn1CC)C1CSCCN1C. The van der Waals surface area contributed by atoms with Crippen LogP contribution in [0.5, 0.6) is 5.75 Å². The third-order valence-electron chi connectivity index (χ3n) is 4.10. The van der Waals surface area contributed by atoms with Gasteiger partial charge in [-0.3, -0.25) is 9.58 Å². The van der Waals surface area contributed by atoms with E-state index < -0.39 is 0 Å². The van der Waals surface area contributed by atoms with Gasteiger partial charge in [0, 0.05) is 30.6 Å². The highest BCUT2D eigenvalue weighted by atomic mass is 32.2. The Bertz CT molecular complexity index is 416. The molecule has 1 aromatic rings. The Kier molecular flexibility index (Phi) is 6.39. The van der Waals surface area contributed by atoms with E-state index in [-0.39, 0.29) is 6.04 Å². The number of aromatic nitrogens is 2. The molecule has 0 bridgehead atoms. The third kappa shape index (κ3) is 3.73. The van der Waals surface area contributed by atoms with Gasteiger partial charge in [-0.1, -0.05) is 6.92 Å². The van der Waals surface area contributed by atoms with E-state index in [2.05, 4.69) is 40.9 Å². The van der Waals surface area contributed by atoms with E-state index in [0.717, 1.165) is 37.6 Å². The van der Waals surface area contributed by atoms with Crippen molar-refractivity contribution in [2.24, 2.45) is 0 Å². The molecule has 1 aliphatic heterocycles. The molecule has 2 unspecified atom stereocenters. The van der Waals surface area contributed by atoms with Crippen LogP contribution in [-0.4, -0.2) is 59.5 Å². The first-order valence-corrected chi connectivity index (χ1v) is 8.99. The van der Waals surface area contributed by atoms with Gasteiger partial charge in [0.2, 0.25) is 0 Å². The van der Waals surface area contributed by atoms with Crippen LogP contribution in [0.4, 0.5) is 0 Å². The van der Waals surface area contributed by atoms with E-state index in [9.17, 15) is 0 Å². The fourth-order valence-electron chi connectivity index (χ4n) is 2.87. The first-order chi connectivity index (χ1) is 10.2. The van der Waals surface area contributed by atoms with Crippen LogP contribution >= 0.6 is 11.8 Å². The minimum atomic E-state index is 0.264. The Morgan fingerprint density at radius 1 is 1.52 bits per heavy atom. The second-order valence-corrected chi connectivity index (χ2v) is 6.62. The van der Waals surface area contributed by atoms with Crippen molar-refractivity contribution < 1.29 is 4.74 Å². The Labute approximate surface area is 132 Å². The van der Waals surface area contributed by atoms with Gasteiger partial charge in [0.1, 0.15) is 0 Å². The lowest BCUT2D eigenvalue weighted by molar-refractivity contribution is 0.207. The molecule has 2 rings (SSSR count). The molecule has 5 nitrogen and oxygen atoms in total. The minimum absolute atomic E-state index is 0.264. The lowest BCUT2D eigenvalue weighted by atomic mass is 10.0. The first-order valence-electron chi connectivity index (χ1n) is 7.83. The highest BCUT2D eigenvalue weighted by Gasteiger charge is 2.33. The Morgan fingerprint density at radius 3 is 2.95 bits per heavy atom. The zero-order valence-corrected chi connectivity index (χ0v) is 14.4. The first kappa shape index (κ1) is 16.6. The van der Waals surface area contributed by atoms with Gasteiger partial charge in [-0.25, -0.2) is 0 Å². The average Bonchev–Trinajstić information content (AvgIpc) is 2.92. The van der Waals surface area contributed by atoms with Crippen molar-refractivity contribution in [3.05, 3.63) is 11.9 Å². The van der Waals surface area contributed by atoms with Crippen molar-refractivity contribution >= 4 is 11.8 Å². The summed E-state index contributed by atoms with van der Waals surface area (Å²) < 4.78 is 7.63. The molecule has 0 saturated carbocycles. The smallest absolute Gasteiger partial charge is 0.161 e. The predicted molar refractivity (Wildman–Crippen MR) is 89.2 cm³/mol. The molecular formula is C15H28N4OS. The van der Waals surface area contributed by atoms with Gasteiger partial charge in [-0.15, -0.1) is 0 Å². The van der Waals surface area contributed by atoms with E-state index >= 15 is 0 Å². The minimum Gasteiger partial charge on any atom is -0.493 e. The molecule has 1 N–H and O–H groups in total. The van der Waals surface area contributed by atoms with E-state index in [1.807, 2.05) is 18.0 Å².